The third-order valence-corrected chi connectivity index (χ3v) is 5.40. The number of nitrogens with zero attached hydrogens (tertiary/aromatic N) is 1. The number of Topliss-reactive ketones (excluding diaryl/α,β-unsaturated/α-hetero) is 2. The Morgan fingerprint density at radius 3 is 1.88 bits per heavy atom. The van der Waals surface area contributed by atoms with E-state index in [9.17, 15) is 14.8 Å². The first-order chi connectivity index (χ1) is 11.6. The van der Waals surface area contributed by atoms with Crippen molar-refractivity contribution in [2.75, 3.05) is 0 Å². The van der Waals surface area contributed by atoms with Crippen LogP contribution in [0, 0.1) is 0 Å². The Morgan fingerprint density at radius 1 is 0.875 bits per heavy atom. The van der Waals surface area contributed by atoms with Crippen molar-refractivity contribution >= 4 is 23.2 Å². The Bertz CT molecular complexity index is 747. The van der Waals surface area contributed by atoms with Crippen LogP contribution in [0.15, 0.2) is 46.8 Å². The van der Waals surface area contributed by atoms with E-state index < -0.39 is 0 Å². The van der Waals surface area contributed by atoms with E-state index in [2.05, 4.69) is 0 Å². The molecule has 0 fully saturated rings. The maximum Gasteiger partial charge on any atom is 0.161 e. The van der Waals surface area contributed by atoms with E-state index in [1.54, 1.807) is 12.1 Å². The zero-order valence-corrected chi connectivity index (χ0v) is 14.0. The third kappa shape index (κ3) is 2.33. The van der Waals surface area contributed by atoms with Crippen LogP contribution in [0.25, 0.3) is 0 Å². The molecule has 4 rings (SSSR count). The maximum absolute atomic E-state index is 12.7. The fourth-order valence-corrected chi connectivity index (χ4v) is 4.21. The van der Waals surface area contributed by atoms with Crippen LogP contribution in [-0.2, 0) is 9.59 Å². The van der Waals surface area contributed by atoms with Gasteiger partial charge in [0.15, 0.2) is 11.6 Å². The molecule has 0 atom stereocenters. The topological polar surface area (TPSA) is 57.6 Å². The van der Waals surface area contributed by atoms with Gasteiger partial charge in [0.1, 0.15) is 0 Å². The van der Waals surface area contributed by atoms with Crippen LogP contribution < -0.4 is 0 Å². The third-order valence-electron chi connectivity index (χ3n) is 5.15. The molecule has 5 heteroatoms. The molecule has 0 amide bonds. The summed E-state index contributed by atoms with van der Waals surface area (Å²) < 4.78 is 0. The zero-order valence-electron chi connectivity index (χ0n) is 13.2. The van der Waals surface area contributed by atoms with Gasteiger partial charge in [-0.1, -0.05) is 23.7 Å². The average molecular weight is 344 g/mol. The van der Waals surface area contributed by atoms with Crippen molar-refractivity contribution in [2.45, 2.75) is 44.4 Å². The first-order valence-corrected chi connectivity index (χ1v) is 8.72. The predicted molar refractivity (Wildman–Crippen MR) is 89.6 cm³/mol. The molecule has 1 N–H and O–H groups in total. The van der Waals surface area contributed by atoms with Crippen LogP contribution >= 0.6 is 11.6 Å². The number of ketones is 2. The fraction of sp³-hybridized carbons (Fsp3) is 0.368. The lowest BCUT2D eigenvalue weighted by molar-refractivity contribution is -0.119. The minimum Gasteiger partial charge on any atom is -0.294 e. The highest BCUT2D eigenvalue weighted by atomic mass is 35.5. The lowest BCUT2D eigenvalue weighted by Crippen LogP contribution is -2.37. The highest BCUT2D eigenvalue weighted by molar-refractivity contribution is 6.30. The van der Waals surface area contributed by atoms with Gasteiger partial charge < -0.3 is 0 Å². The van der Waals surface area contributed by atoms with Gasteiger partial charge in [-0.05, 0) is 43.4 Å². The highest BCUT2D eigenvalue weighted by Gasteiger charge is 2.43. The molecule has 4 nitrogen and oxygen atoms in total. The van der Waals surface area contributed by atoms with E-state index in [0.717, 1.165) is 23.5 Å². The molecule has 0 bridgehead atoms. The summed E-state index contributed by atoms with van der Waals surface area (Å²) in [7, 11) is 0. The molecule has 0 spiro atoms. The minimum absolute atomic E-state index is 0.0279. The molecule has 1 aliphatic heterocycles. The fourth-order valence-electron chi connectivity index (χ4n) is 4.08. The van der Waals surface area contributed by atoms with Gasteiger partial charge in [0, 0.05) is 34.9 Å². The standard InChI is InChI=1S/C19H18ClNO3/c20-12-9-7-11(8-10-12)17-18-13(3-1-5-15(18)22)21(24)14-4-2-6-16(23)19(14)17/h7-10,17,24H,1-6H2. The molecule has 1 aromatic carbocycles. The molecule has 0 unspecified atom stereocenters. The molecule has 124 valence electrons. The second-order valence-electron chi connectivity index (χ2n) is 6.57. The molecular weight excluding hydrogens is 326 g/mol. The summed E-state index contributed by atoms with van der Waals surface area (Å²) in [5, 5.41) is 12.4. The average Bonchev–Trinajstić information content (AvgIpc) is 2.58. The Hall–Kier alpha value is -1.91. The lowest BCUT2D eigenvalue weighted by atomic mass is 9.71. The minimum atomic E-state index is -0.378. The molecule has 24 heavy (non-hydrogen) atoms. The molecule has 1 aromatic rings. The second kappa shape index (κ2) is 5.87. The number of allylic oxidation sites excluding steroid dienone is 4. The Labute approximate surface area is 145 Å². The van der Waals surface area contributed by atoms with E-state index in [-0.39, 0.29) is 17.5 Å². The Morgan fingerprint density at radius 2 is 1.38 bits per heavy atom. The molecule has 0 saturated heterocycles. The summed E-state index contributed by atoms with van der Waals surface area (Å²) in [6.07, 6.45) is 3.72. The molecular formula is C19H18ClNO3. The summed E-state index contributed by atoms with van der Waals surface area (Å²) in [4.78, 5) is 25.3. The van der Waals surface area contributed by atoms with Crippen LogP contribution in [0.3, 0.4) is 0 Å². The summed E-state index contributed by atoms with van der Waals surface area (Å²) >= 11 is 6.00. The van der Waals surface area contributed by atoms with Gasteiger partial charge in [-0.25, -0.2) is 5.06 Å². The molecule has 0 aromatic heterocycles. The normalized spacial score (nSPS) is 22.0. The number of rotatable bonds is 1. The van der Waals surface area contributed by atoms with Crippen LogP contribution in [-0.4, -0.2) is 21.8 Å². The van der Waals surface area contributed by atoms with Crippen molar-refractivity contribution in [2.24, 2.45) is 0 Å². The summed E-state index contributed by atoms with van der Waals surface area (Å²) in [5.74, 6) is -0.323. The van der Waals surface area contributed by atoms with E-state index in [1.807, 2.05) is 12.1 Å². The predicted octanol–water partition coefficient (Wildman–Crippen LogP) is 4.14. The van der Waals surface area contributed by atoms with Crippen molar-refractivity contribution < 1.29 is 14.8 Å². The van der Waals surface area contributed by atoms with Crippen molar-refractivity contribution in [3.05, 3.63) is 57.4 Å². The molecule has 2 aliphatic carbocycles. The summed E-state index contributed by atoms with van der Waals surface area (Å²) in [6.45, 7) is 0. The van der Waals surface area contributed by atoms with Crippen LogP contribution in [0.1, 0.15) is 50.0 Å². The number of hydroxylamine groups is 2. The van der Waals surface area contributed by atoms with Gasteiger partial charge in [-0.3, -0.25) is 14.8 Å². The van der Waals surface area contributed by atoms with E-state index in [4.69, 9.17) is 11.6 Å². The van der Waals surface area contributed by atoms with Crippen molar-refractivity contribution in [1.82, 2.24) is 5.06 Å². The maximum atomic E-state index is 12.7. The van der Waals surface area contributed by atoms with Crippen LogP contribution in [0.4, 0.5) is 0 Å². The lowest BCUT2D eigenvalue weighted by Gasteiger charge is -2.40. The second-order valence-corrected chi connectivity index (χ2v) is 7.01. The molecule has 1 heterocycles. The number of carbonyl (C=O) groups excluding carboxylic acids is 2. The number of benzene rings is 1. The van der Waals surface area contributed by atoms with Crippen LogP contribution in [0.2, 0.25) is 5.02 Å². The van der Waals surface area contributed by atoms with Gasteiger partial charge in [0.2, 0.25) is 0 Å². The quantitative estimate of drug-likeness (QED) is 0.832. The van der Waals surface area contributed by atoms with Gasteiger partial charge in [-0.15, -0.1) is 0 Å². The van der Waals surface area contributed by atoms with Gasteiger partial charge in [0.25, 0.3) is 0 Å². The van der Waals surface area contributed by atoms with E-state index in [1.165, 1.54) is 0 Å². The number of hydrogen-bond donors (Lipinski definition) is 1. The van der Waals surface area contributed by atoms with Gasteiger partial charge >= 0.3 is 0 Å². The zero-order chi connectivity index (χ0) is 16.8. The number of hydrogen-bond acceptors (Lipinski definition) is 4. The first-order valence-electron chi connectivity index (χ1n) is 8.35. The molecule has 3 aliphatic rings. The van der Waals surface area contributed by atoms with Crippen molar-refractivity contribution in [3.63, 3.8) is 0 Å². The first kappa shape index (κ1) is 15.6. The largest absolute Gasteiger partial charge is 0.294 e. The van der Waals surface area contributed by atoms with E-state index in [0.29, 0.717) is 53.2 Å². The molecule has 0 radical (unpaired) electrons. The number of carbonyl (C=O) groups is 2. The van der Waals surface area contributed by atoms with Gasteiger partial charge in [-0.2, -0.15) is 0 Å². The summed E-state index contributed by atoms with van der Waals surface area (Å²) in [6, 6.07) is 7.31. The van der Waals surface area contributed by atoms with Crippen molar-refractivity contribution in [1.29, 1.82) is 0 Å². The summed E-state index contributed by atoms with van der Waals surface area (Å²) in [5.41, 5.74) is 3.39. The highest BCUT2D eigenvalue weighted by Crippen LogP contribution is 2.48. The Balaban J connectivity index is 1.94. The van der Waals surface area contributed by atoms with Crippen LogP contribution in [0.5, 0.6) is 0 Å². The van der Waals surface area contributed by atoms with E-state index >= 15 is 0 Å². The Kier molecular flexibility index (Phi) is 3.82. The smallest absolute Gasteiger partial charge is 0.161 e. The van der Waals surface area contributed by atoms with Gasteiger partial charge in [0.05, 0.1) is 11.4 Å². The van der Waals surface area contributed by atoms with Crippen molar-refractivity contribution in [3.8, 4) is 0 Å². The monoisotopic (exact) mass is 343 g/mol. The number of halogens is 1. The molecule has 0 saturated carbocycles. The SMILES string of the molecule is O=C1CCCC2=C1C(c1ccc(Cl)cc1)C1=C(CCCC1=O)N2O.